The zero-order valence-corrected chi connectivity index (χ0v) is 13.6. The Balaban J connectivity index is 0. The van der Waals surface area contributed by atoms with Gasteiger partial charge in [0, 0.05) is 18.3 Å². The maximum absolute atomic E-state index is 9.43. The number of nitrogens with one attached hydrogen (secondary N) is 1. The number of hydrogen-bond acceptors (Lipinski definition) is 3. The number of phenols is 1. The first-order chi connectivity index (χ1) is 8.31. The van der Waals surface area contributed by atoms with Gasteiger partial charge in [0.25, 0.3) is 0 Å². The van der Waals surface area contributed by atoms with Crippen molar-refractivity contribution in [2.75, 3.05) is 12.4 Å². The van der Waals surface area contributed by atoms with Crippen molar-refractivity contribution in [1.82, 2.24) is 0 Å². The zero-order chi connectivity index (χ0) is 14.7. The Bertz CT molecular complexity index is 349. The second-order valence-electron chi connectivity index (χ2n) is 4.29. The normalized spacial score (nSPS) is 8.67. The van der Waals surface area contributed by atoms with Crippen molar-refractivity contribution in [1.29, 1.82) is 0 Å². The Kier molecular flexibility index (Phi) is 11.9. The molecule has 4 heteroatoms. The topological polar surface area (TPSA) is 49.3 Å². The summed E-state index contributed by atoms with van der Waals surface area (Å²) >= 11 is 3.23. The SMILES string of the molecule is CC(C)C.CC=O.CNc1ccc(Br)c(O)c1C. The van der Waals surface area contributed by atoms with Crippen LogP contribution in [0, 0.1) is 12.8 Å². The maximum atomic E-state index is 9.43. The van der Waals surface area contributed by atoms with E-state index < -0.39 is 0 Å². The first-order valence-corrected chi connectivity index (χ1v) is 6.66. The molecule has 1 aromatic rings. The molecule has 0 aliphatic rings. The highest BCUT2D eigenvalue weighted by atomic mass is 79.9. The van der Waals surface area contributed by atoms with Crippen LogP contribution in [0.15, 0.2) is 16.6 Å². The standard InChI is InChI=1S/C8H10BrNO.C4H10.C2H4O/c1-5-7(10-2)4-3-6(9)8(5)11;1-4(2)3;1-2-3/h3-4,10-11H,1-2H3;4H,1-3H3;2H,1H3. The van der Waals surface area contributed by atoms with Gasteiger partial charge in [-0.2, -0.15) is 0 Å². The van der Waals surface area contributed by atoms with Crippen LogP contribution in [-0.4, -0.2) is 18.4 Å². The number of anilines is 1. The highest BCUT2D eigenvalue weighted by molar-refractivity contribution is 9.10. The lowest BCUT2D eigenvalue weighted by Crippen LogP contribution is -1.91. The largest absolute Gasteiger partial charge is 0.506 e. The number of carbonyl (C=O) groups excluding carboxylic acids is 1. The molecule has 0 aromatic heterocycles. The first-order valence-electron chi connectivity index (χ1n) is 5.87. The van der Waals surface area contributed by atoms with Gasteiger partial charge in [0.05, 0.1) is 4.47 Å². The van der Waals surface area contributed by atoms with Gasteiger partial charge in [-0.3, -0.25) is 0 Å². The molecule has 0 fully saturated rings. The molecule has 0 bridgehead atoms. The molecule has 0 saturated carbocycles. The number of rotatable bonds is 1. The van der Waals surface area contributed by atoms with Crippen LogP contribution in [0.5, 0.6) is 5.75 Å². The minimum atomic E-state index is 0.303. The van der Waals surface area contributed by atoms with E-state index in [1.165, 1.54) is 6.92 Å². The molecule has 1 rings (SSSR count). The van der Waals surface area contributed by atoms with Gasteiger partial charge in [0.1, 0.15) is 12.0 Å². The monoisotopic (exact) mass is 317 g/mol. The minimum Gasteiger partial charge on any atom is -0.506 e. The van der Waals surface area contributed by atoms with Crippen molar-refractivity contribution in [2.45, 2.75) is 34.6 Å². The van der Waals surface area contributed by atoms with Crippen LogP contribution < -0.4 is 5.32 Å². The number of benzene rings is 1. The molecule has 18 heavy (non-hydrogen) atoms. The van der Waals surface area contributed by atoms with Gasteiger partial charge in [-0.15, -0.1) is 0 Å². The van der Waals surface area contributed by atoms with E-state index in [0.29, 0.717) is 5.75 Å². The van der Waals surface area contributed by atoms with E-state index in [9.17, 15) is 5.11 Å². The summed E-state index contributed by atoms with van der Waals surface area (Å²) in [6, 6.07) is 3.73. The van der Waals surface area contributed by atoms with Crippen LogP contribution in [0.4, 0.5) is 5.69 Å². The molecule has 0 aliphatic carbocycles. The Labute approximate surface area is 119 Å². The summed E-state index contributed by atoms with van der Waals surface area (Å²) in [6.07, 6.45) is 0.750. The summed E-state index contributed by atoms with van der Waals surface area (Å²) in [5, 5.41) is 12.4. The zero-order valence-electron chi connectivity index (χ0n) is 12.0. The first kappa shape index (κ1) is 19.3. The van der Waals surface area contributed by atoms with Crippen molar-refractivity contribution < 1.29 is 9.90 Å². The lowest BCUT2D eigenvalue weighted by atomic mass is 10.2. The number of hydrogen-bond donors (Lipinski definition) is 2. The number of phenolic OH excluding ortho intramolecular Hbond substituents is 1. The van der Waals surface area contributed by atoms with Crippen LogP contribution in [0.1, 0.15) is 33.3 Å². The van der Waals surface area contributed by atoms with Crippen molar-refractivity contribution in [3.8, 4) is 5.75 Å². The predicted molar refractivity (Wildman–Crippen MR) is 82.3 cm³/mol. The second kappa shape index (κ2) is 11.1. The summed E-state index contributed by atoms with van der Waals surface area (Å²) < 4.78 is 0.731. The highest BCUT2D eigenvalue weighted by Crippen LogP contribution is 2.31. The van der Waals surface area contributed by atoms with E-state index in [-0.39, 0.29) is 0 Å². The summed E-state index contributed by atoms with van der Waals surface area (Å²) in [5.41, 5.74) is 1.81. The van der Waals surface area contributed by atoms with Gasteiger partial charge < -0.3 is 15.2 Å². The minimum absolute atomic E-state index is 0.303. The maximum Gasteiger partial charge on any atom is 0.134 e. The fourth-order valence-corrected chi connectivity index (χ4v) is 1.37. The molecule has 0 atom stereocenters. The Morgan fingerprint density at radius 3 is 2.06 bits per heavy atom. The molecule has 0 spiro atoms. The third kappa shape index (κ3) is 9.05. The van der Waals surface area contributed by atoms with E-state index >= 15 is 0 Å². The molecule has 0 amide bonds. The predicted octanol–water partition coefficient (Wildman–Crippen LogP) is 4.37. The van der Waals surface area contributed by atoms with Crippen LogP contribution >= 0.6 is 15.9 Å². The Morgan fingerprint density at radius 1 is 1.33 bits per heavy atom. The fraction of sp³-hybridized carbons (Fsp3) is 0.500. The van der Waals surface area contributed by atoms with Crippen LogP contribution in [-0.2, 0) is 4.79 Å². The number of carbonyl (C=O) groups is 1. The molecular weight excluding hydrogens is 294 g/mol. The molecule has 0 radical (unpaired) electrons. The average Bonchev–Trinajstić information content (AvgIpc) is 2.27. The molecule has 0 aliphatic heterocycles. The third-order valence-electron chi connectivity index (χ3n) is 1.65. The van der Waals surface area contributed by atoms with E-state index in [4.69, 9.17) is 4.79 Å². The molecule has 0 heterocycles. The van der Waals surface area contributed by atoms with Gasteiger partial charge in [-0.1, -0.05) is 20.8 Å². The van der Waals surface area contributed by atoms with E-state index in [2.05, 4.69) is 42.0 Å². The molecule has 2 N–H and O–H groups in total. The molecule has 1 aromatic carbocycles. The number of aromatic hydroxyl groups is 1. The molecule has 104 valence electrons. The Morgan fingerprint density at radius 2 is 1.72 bits per heavy atom. The Hall–Kier alpha value is -1.03. The van der Waals surface area contributed by atoms with Gasteiger partial charge in [-0.05, 0) is 47.8 Å². The van der Waals surface area contributed by atoms with Crippen molar-refractivity contribution >= 4 is 27.9 Å². The van der Waals surface area contributed by atoms with E-state index in [0.717, 1.165) is 27.9 Å². The summed E-state index contributed by atoms with van der Waals surface area (Å²) in [5.74, 6) is 1.14. The van der Waals surface area contributed by atoms with E-state index in [1.807, 2.05) is 26.1 Å². The molecule has 0 saturated heterocycles. The molecule has 3 nitrogen and oxygen atoms in total. The second-order valence-corrected chi connectivity index (χ2v) is 5.14. The number of halogens is 1. The lowest BCUT2D eigenvalue weighted by Gasteiger charge is -2.07. The van der Waals surface area contributed by atoms with Gasteiger partial charge in [0.15, 0.2) is 0 Å². The molecular formula is C14H24BrNO2. The van der Waals surface area contributed by atoms with Gasteiger partial charge in [0.2, 0.25) is 0 Å². The van der Waals surface area contributed by atoms with Crippen molar-refractivity contribution in [3.05, 3.63) is 22.2 Å². The lowest BCUT2D eigenvalue weighted by molar-refractivity contribution is -0.106. The van der Waals surface area contributed by atoms with Crippen LogP contribution in [0.25, 0.3) is 0 Å². The van der Waals surface area contributed by atoms with Crippen molar-refractivity contribution in [2.24, 2.45) is 5.92 Å². The number of aldehydes is 1. The highest BCUT2D eigenvalue weighted by Gasteiger charge is 2.04. The smallest absolute Gasteiger partial charge is 0.134 e. The average molecular weight is 318 g/mol. The fourth-order valence-electron chi connectivity index (χ4n) is 0.938. The van der Waals surface area contributed by atoms with Gasteiger partial charge in [-0.25, -0.2) is 0 Å². The summed E-state index contributed by atoms with van der Waals surface area (Å²) in [4.78, 5) is 8.81. The van der Waals surface area contributed by atoms with Crippen LogP contribution in [0.3, 0.4) is 0 Å². The van der Waals surface area contributed by atoms with Crippen molar-refractivity contribution in [3.63, 3.8) is 0 Å². The quantitative estimate of drug-likeness (QED) is 0.756. The summed E-state index contributed by atoms with van der Waals surface area (Å²) in [7, 11) is 1.83. The third-order valence-corrected chi connectivity index (χ3v) is 2.29. The van der Waals surface area contributed by atoms with Gasteiger partial charge >= 0.3 is 0 Å². The van der Waals surface area contributed by atoms with Crippen LogP contribution in [0.2, 0.25) is 0 Å². The summed E-state index contributed by atoms with van der Waals surface area (Å²) in [6.45, 7) is 9.81. The molecule has 0 unspecified atom stereocenters. The van der Waals surface area contributed by atoms with E-state index in [1.54, 1.807) is 0 Å².